The van der Waals surface area contributed by atoms with Crippen molar-refractivity contribution in [2.75, 3.05) is 11.9 Å². The van der Waals surface area contributed by atoms with Crippen molar-refractivity contribution < 1.29 is 9.53 Å². The van der Waals surface area contributed by atoms with E-state index in [1.54, 1.807) is 18.2 Å². The largest absolute Gasteiger partial charge is 0.427 e. The predicted molar refractivity (Wildman–Crippen MR) is 79.9 cm³/mol. The minimum Gasteiger partial charge on any atom is -0.427 e. The van der Waals surface area contributed by atoms with Gasteiger partial charge in [-0.25, -0.2) is 0 Å². The third-order valence-corrected chi connectivity index (χ3v) is 3.43. The Kier molecular flexibility index (Phi) is 6.58. The molecule has 20 heavy (non-hydrogen) atoms. The molecule has 108 valence electrons. The van der Waals surface area contributed by atoms with E-state index in [4.69, 9.17) is 10.00 Å². The van der Waals surface area contributed by atoms with E-state index < -0.39 is 0 Å². The number of rotatable bonds is 8. The van der Waals surface area contributed by atoms with Gasteiger partial charge in [-0.3, -0.25) is 4.79 Å². The van der Waals surface area contributed by atoms with Gasteiger partial charge >= 0.3 is 0 Å². The number of hydrogen-bond donors (Lipinski definition) is 0. The average molecular weight is 274 g/mol. The van der Waals surface area contributed by atoms with E-state index in [-0.39, 0.29) is 0 Å². The van der Waals surface area contributed by atoms with Crippen LogP contribution in [0.3, 0.4) is 0 Å². The molecule has 0 aromatic heterocycles. The van der Waals surface area contributed by atoms with Crippen LogP contribution in [-0.2, 0) is 4.79 Å². The van der Waals surface area contributed by atoms with Gasteiger partial charge in [0.05, 0.1) is 17.3 Å². The fourth-order valence-electron chi connectivity index (χ4n) is 2.41. The lowest BCUT2D eigenvalue weighted by molar-refractivity contribution is -0.120. The van der Waals surface area contributed by atoms with Crippen molar-refractivity contribution in [3.63, 3.8) is 0 Å². The summed E-state index contributed by atoms with van der Waals surface area (Å²) in [5, 5.41) is 9.03. The summed E-state index contributed by atoms with van der Waals surface area (Å²) in [6.07, 6.45) is 4.33. The quantitative estimate of drug-likeness (QED) is 0.681. The molecule has 0 aliphatic heterocycles. The van der Waals surface area contributed by atoms with Crippen LogP contribution in [0.2, 0.25) is 0 Å². The molecule has 0 aliphatic rings. The molecule has 0 saturated carbocycles. The zero-order chi connectivity index (χ0) is 15.0. The molecule has 0 saturated heterocycles. The molecule has 4 nitrogen and oxygen atoms in total. The molecule has 0 radical (unpaired) electrons. The van der Waals surface area contributed by atoms with Crippen molar-refractivity contribution in [2.45, 2.75) is 45.6 Å². The topological polar surface area (TPSA) is 53.3 Å². The lowest BCUT2D eigenvalue weighted by atomic mass is 10.0. The first-order chi connectivity index (χ1) is 9.67. The molecule has 0 spiro atoms. The fraction of sp³-hybridized carbons (Fsp3) is 0.500. The molecule has 0 aliphatic carbocycles. The number of anilines is 1. The third kappa shape index (κ3) is 3.99. The van der Waals surface area contributed by atoms with Crippen molar-refractivity contribution >= 4 is 12.2 Å². The Labute approximate surface area is 121 Å². The summed E-state index contributed by atoms with van der Waals surface area (Å²) in [5.41, 5.74) is 1.36. The van der Waals surface area contributed by atoms with E-state index in [1.165, 1.54) is 0 Å². The summed E-state index contributed by atoms with van der Waals surface area (Å²) < 4.78 is 5.03. The van der Waals surface area contributed by atoms with Crippen LogP contribution in [0.15, 0.2) is 18.2 Å². The van der Waals surface area contributed by atoms with Gasteiger partial charge in [0.25, 0.3) is 6.47 Å². The summed E-state index contributed by atoms with van der Waals surface area (Å²) >= 11 is 0. The first kappa shape index (κ1) is 16.0. The smallest absolute Gasteiger partial charge is 0.298 e. The van der Waals surface area contributed by atoms with Crippen LogP contribution in [0.5, 0.6) is 5.75 Å². The monoisotopic (exact) mass is 274 g/mol. The number of ether oxygens (including phenoxy) is 1. The van der Waals surface area contributed by atoms with E-state index in [2.05, 4.69) is 24.8 Å². The van der Waals surface area contributed by atoms with Crippen LogP contribution in [0.25, 0.3) is 0 Å². The molecule has 1 aromatic rings. The van der Waals surface area contributed by atoms with Crippen molar-refractivity contribution in [3.05, 3.63) is 23.8 Å². The van der Waals surface area contributed by atoms with Crippen LogP contribution in [0.1, 0.15) is 45.1 Å². The molecular weight excluding hydrogens is 252 g/mol. The SMILES string of the molecule is CCCC(CCC)N(C)c1cc(C#N)ccc1OC=O. The number of carbonyl (C=O) groups is 1. The maximum atomic E-state index is 10.6. The van der Waals surface area contributed by atoms with Crippen molar-refractivity contribution in [2.24, 2.45) is 0 Å². The molecule has 1 rings (SSSR count). The van der Waals surface area contributed by atoms with Gasteiger partial charge in [0, 0.05) is 13.1 Å². The molecule has 1 aromatic carbocycles. The van der Waals surface area contributed by atoms with Crippen molar-refractivity contribution in [3.8, 4) is 11.8 Å². The highest BCUT2D eigenvalue weighted by molar-refractivity contribution is 5.65. The zero-order valence-corrected chi connectivity index (χ0v) is 12.4. The first-order valence-corrected chi connectivity index (χ1v) is 7.05. The highest BCUT2D eigenvalue weighted by Crippen LogP contribution is 2.31. The number of nitriles is 1. The Morgan fingerprint density at radius 1 is 1.35 bits per heavy atom. The van der Waals surface area contributed by atoms with Gasteiger partial charge in [0.15, 0.2) is 5.75 Å². The molecule has 0 bridgehead atoms. The lowest BCUT2D eigenvalue weighted by Gasteiger charge is -2.31. The van der Waals surface area contributed by atoms with Crippen LogP contribution < -0.4 is 9.64 Å². The number of hydrogen-bond acceptors (Lipinski definition) is 4. The summed E-state index contributed by atoms with van der Waals surface area (Å²) in [7, 11) is 1.99. The minimum atomic E-state index is 0.382. The summed E-state index contributed by atoms with van der Waals surface area (Å²) in [6, 6.07) is 7.61. The van der Waals surface area contributed by atoms with Crippen LogP contribution in [0, 0.1) is 11.3 Å². The second-order valence-electron chi connectivity index (χ2n) is 4.85. The van der Waals surface area contributed by atoms with Crippen LogP contribution >= 0.6 is 0 Å². The van der Waals surface area contributed by atoms with Crippen molar-refractivity contribution in [1.82, 2.24) is 0 Å². The maximum absolute atomic E-state index is 10.6. The molecule has 0 N–H and O–H groups in total. The predicted octanol–water partition coefficient (Wildman–Crippen LogP) is 3.50. The van der Waals surface area contributed by atoms with E-state index in [9.17, 15) is 4.79 Å². The third-order valence-electron chi connectivity index (χ3n) is 3.43. The Bertz CT molecular complexity index is 474. The molecule has 0 atom stereocenters. The van der Waals surface area contributed by atoms with Gasteiger partial charge in [-0.05, 0) is 31.0 Å². The second-order valence-corrected chi connectivity index (χ2v) is 4.85. The van der Waals surface area contributed by atoms with E-state index >= 15 is 0 Å². The minimum absolute atomic E-state index is 0.382. The average Bonchev–Trinajstić information content (AvgIpc) is 2.47. The fourth-order valence-corrected chi connectivity index (χ4v) is 2.41. The first-order valence-electron chi connectivity index (χ1n) is 7.05. The molecule has 4 heteroatoms. The van der Waals surface area contributed by atoms with E-state index in [0.717, 1.165) is 31.4 Å². The number of benzene rings is 1. The second kappa shape index (κ2) is 8.21. The van der Waals surface area contributed by atoms with Gasteiger partial charge in [0.1, 0.15) is 0 Å². The van der Waals surface area contributed by atoms with Gasteiger partial charge in [-0.1, -0.05) is 26.7 Å². The standard InChI is InChI=1S/C16H22N2O2/c1-4-6-14(7-5-2)18(3)15-10-13(11-17)8-9-16(15)20-12-19/h8-10,12,14H,4-7H2,1-3H3. The lowest BCUT2D eigenvalue weighted by Crippen LogP contribution is -2.31. The molecule has 0 heterocycles. The molecular formula is C16H22N2O2. The van der Waals surface area contributed by atoms with Gasteiger partial charge in [-0.2, -0.15) is 5.26 Å². The number of nitrogens with zero attached hydrogens (tertiary/aromatic N) is 2. The molecule has 0 amide bonds. The van der Waals surface area contributed by atoms with Crippen LogP contribution in [0.4, 0.5) is 5.69 Å². The Balaban J connectivity index is 3.12. The van der Waals surface area contributed by atoms with Gasteiger partial charge in [-0.15, -0.1) is 0 Å². The molecule has 0 fully saturated rings. The summed E-state index contributed by atoms with van der Waals surface area (Å²) in [5.74, 6) is 0.499. The Morgan fingerprint density at radius 3 is 2.50 bits per heavy atom. The highest BCUT2D eigenvalue weighted by atomic mass is 16.5. The summed E-state index contributed by atoms with van der Waals surface area (Å²) in [6.45, 7) is 4.74. The Hall–Kier alpha value is -2.02. The van der Waals surface area contributed by atoms with E-state index in [1.807, 2.05) is 7.05 Å². The maximum Gasteiger partial charge on any atom is 0.298 e. The summed E-state index contributed by atoms with van der Waals surface area (Å²) in [4.78, 5) is 12.7. The Morgan fingerprint density at radius 2 is 2.00 bits per heavy atom. The van der Waals surface area contributed by atoms with Crippen molar-refractivity contribution in [1.29, 1.82) is 5.26 Å². The highest BCUT2D eigenvalue weighted by Gasteiger charge is 2.18. The van der Waals surface area contributed by atoms with E-state index in [0.29, 0.717) is 23.8 Å². The van der Waals surface area contributed by atoms with Gasteiger partial charge < -0.3 is 9.64 Å². The number of carbonyl (C=O) groups excluding carboxylic acids is 1. The van der Waals surface area contributed by atoms with Gasteiger partial charge in [0.2, 0.25) is 0 Å². The normalized spacial score (nSPS) is 10.2. The molecule has 0 unspecified atom stereocenters. The van der Waals surface area contributed by atoms with Crippen LogP contribution in [-0.4, -0.2) is 19.6 Å². The zero-order valence-electron chi connectivity index (χ0n) is 12.4.